The van der Waals surface area contributed by atoms with E-state index in [1.165, 1.54) is 0 Å². The number of carbonyl (C=O) groups excluding carboxylic acids is 3. The van der Waals surface area contributed by atoms with Gasteiger partial charge in [0.15, 0.2) is 0 Å². The summed E-state index contributed by atoms with van der Waals surface area (Å²) >= 11 is 12.0. The van der Waals surface area contributed by atoms with Crippen LogP contribution in [0.2, 0.25) is 10.0 Å². The van der Waals surface area contributed by atoms with E-state index in [1.54, 1.807) is 54.4 Å². The van der Waals surface area contributed by atoms with Crippen LogP contribution in [-0.2, 0) is 4.79 Å². The minimum absolute atomic E-state index is 0.142. The maximum Gasteiger partial charge on any atom is 0.255 e. The number of carbonyl (C=O) groups is 3. The Morgan fingerprint density at radius 3 is 2.23 bits per heavy atom. The van der Waals surface area contributed by atoms with Crippen molar-refractivity contribution < 1.29 is 14.4 Å². The number of amides is 3. The zero-order valence-corrected chi connectivity index (χ0v) is 18.0. The highest BCUT2D eigenvalue weighted by molar-refractivity contribution is 6.36. The number of hydrogen-bond acceptors (Lipinski definition) is 4. The molecule has 0 bridgehead atoms. The summed E-state index contributed by atoms with van der Waals surface area (Å²) in [6, 6.07) is 11.5. The molecule has 1 heterocycles. The lowest BCUT2D eigenvalue weighted by molar-refractivity contribution is -0.117. The molecule has 2 aromatic carbocycles. The average Bonchev–Trinajstić information content (AvgIpc) is 2.74. The minimum atomic E-state index is -0.180. The van der Waals surface area contributed by atoms with Crippen molar-refractivity contribution in [1.82, 2.24) is 15.1 Å². The maximum atomic E-state index is 12.7. The highest BCUT2D eigenvalue weighted by Gasteiger charge is 2.24. The summed E-state index contributed by atoms with van der Waals surface area (Å²) in [5.74, 6) is -0.472. The van der Waals surface area contributed by atoms with Crippen molar-refractivity contribution in [3.05, 3.63) is 63.6 Å². The van der Waals surface area contributed by atoms with Crippen LogP contribution in [0.4, 0.5) is 5.69 Å². The van der Waals surface area contributed by atoms with Gasteiger partial charge < -0.3 is 15.5 Å². The van der Waals surface area contributed by atoms with Crippen LogP contribution in [0.15, 0.2) is 42.5 Å². The smallest absolute Gasteiger partial charge is 0.255 e. The molecule has 0 aromatic heterocycles. The van der Waals surface area contributed by atoms with Crippen LogP contribution in [0.1, 0.15) is 20.7 Å². The molecule has 30 heavy (non-hydrogen) atoms. The Labute approximate surface area is 184 Å². The molecule has 0 radical (unpaired) electrons. The molecule has 0 unspecified atom stereocenters. The van der Waals surface area contributed by atoms with Crippen LogP contribution in [0.5, 0.6) is 0 Å². The van der Waals surface area contributed by atoms with E-state index in [1.807, 2.05) is 4.90 Å². The van der Waals surface area contributed by atoms with E-state index in [0.717, 1.165) is 0 Å². The minimum Gasteiger partial charge on any atom is -0.355 e. The topological polar surface area (TPSA) is 81.8 Å². The molecule has 2 N–H and O–H groups in total. The number of rotatable bonds is 5. The SMILES string of the molecule is CNC(=O)c1ccc(NC(=O)CN2CCN(C(=O)c3ccc(Cl)cc3Cl)CC2)cc1. The third-order valence-electron chi connectivity index (χ3n) is 4.85. The van der Waals surface area contributed by atoms with Gasteiger partial charge in [0.25, 0.3) is 11.8 Å². The van der Waals surface area contributed by atoms with Crippen LogP contribution in [-0.4, -0.2) is 67.3 Å². The molecule has 158 valence electrons. The van der Waals surface area contributed by atoms with Gasteiger partial charge in [-0.2, -0.15) is 0 Å². The molecule has 0 spiro atoms. The van der Waals surface area contributed by atoms with E-state index in [9.17, 15) is 14.4 Å². The van der Waals surface area contributed by atoms with Crippen LogP contribution in [0.25, 0.3) is 0 Å². The Hall–Kier alpha value is -2.61. The van der Waals surface area contributed by atoms with Crippen molar-refractivity contribution in [3.8, 4) is 0 Å². The first kappa shape index (κ1) is 22.1. The fraction of sp³-hybridized carbons (Fsp3) is 0.286. The van der Waals surface area contributed by atoms with Gasteiger partial charge in [0.05, 0.1) is 17.1 Å². The molecular weight excluding hydrogens is 427 g/mol. The van der Waals surface area contributed by atoms with Crippen LogP contribution in [0, 0.1) is 0 Å². The van der Waals surface area contributed by atoms with Crippen molar-refractivity contribution in [1.29, 1.82) is 0 Å². The lowest BCUT2D eigenvalue weighted by atomic mass is 10.1. The summed E-state index contributed by atoms with van der Waals surface area (Å²) in [4.78, 5) is 40.3. The summed E-state index contributed by atoms with van der Waals surface area (Å²) in [6.07, 6.45) is 0. The second-order valence-electron chi connectivity index (χ2n) is 6.90. The van der Waals surface area contributed by atoms with E-state index < -0.39 is 0 Å². The van der Waals surface area contributed by atoms with Crippen molar-refractivity contribution in [2.24, 2.45) is 0 Å². The van der Waals surface area contributed by atoms with Gasteiger partial charge in [0.1, 0.15) is 0 Å². The molecule has 7 nitrogen and oxygen atoms in total. The number of nitrogens with zero attached hydrogens (tertiary/aromatic N) is 2. The highest BCUT2D eigenvalue weighted by Crippen LogP contribution is 2.22. The molecule has 0 saturated carbocycles. The zero-order chi connectivity index (χ0) is 21.7. The molecule has 3 amide bonds. The summed E-state index contributed by atoms with van der Waals surface area (Å²) in [6.45, 7) is 2.40. The number of halogens is 2. The predicted octanol–water partition coefficient (Wildman–Crippen LogP) is 2.75. The molecule has 0 atom stereocenters. The van der Waals surface area contributed by atoms with E-state index in [4.69, 9.17) is 23.2 Å². The Morgan fingerprint density at radius 1 is 0.967 bits per heavy atom. The second-order valence-corrected chi connectivity index (χ2v) is 7.74. The Morgan fingerprint density at radius 2 is 1.63 bits per heavy atom. The standard InChI is InChI=1S/C21H22Cl2N4O3/c1-24-20(29)14-2-5-16(6-3-14)25-19(28)13-26-8-10-27(11-9-26)21(30)17-7-4-15(22)12-18(17)23/h2-7,12H,8-11,13H2,1H3,(H,24,29)(H,25,28). The highest BCUT2D eigenvalue weighted by atomic mass is 35.5. The van der Waals surface area contributed by atoms with Crippen molar-refractivity contribution >= 4 is 46.6 Å². The van der Waals surface area contributed by atoms with Crippen molar-refractivity contribution in [2.45, 2.75) is 0 Å². The number of piperazine rings is 1. The molecule has 1 aliphatic heterocycles. The molecular formula is C21H22Cl2N4O3. The first-order chi connectivity index (χ1) is 14.4. The number of anilines is 1. The Kier molecular flexibility index (Phi) is 7.31. The normalized spacial score (nSPS) is 14.3. The quantitative estimate of drug-likeness (QED) is 0.736. The average molecular weight is 449 g/mol. The second kappa shape index (κ2) is 9.93. The van der Waals surface area contributed by atoms with Crippen molar-refractivity contribution in [2.75, 3.05) is 45.1 Å². The Bertz CT molecular complexity index is 942. The molecule has 2 aromatic rings. The molecule has 3 rings (SSSR count). The Balaban J connectivity index is 1.48. The third-order valence-corrected chi connectivity index (χ3v) is 5.39. The van der Waals surface area contributed by atoms with Gasteiger partial charge in [-0.15, -0.1) is 0 Å². The summed E-state index contributed by atoms with van der Waals surface area (Å²) < 4.78 is 0. The molecule has 1 saturated heterocycles. The number of nitrogens with one attached hydrogen (secondary N) is 2. The van der Waals surface area contributed by atoms with Gasteiger partial charge in [0, 0.05) is 49.5 Å². The van der Waals surface area contributed by atoms with E-state index in [2.05, 4.69) is 10.6 Å². The largest absolute Gasteiger partial charge is 0.355 e. The van der Waals surface area contributed by atoms with Gasteiger partial charge in [-0.3, -0.25) is 19.3 Å². The fourth-order valence-corrected chi connectivity index (χ4v) is 3.68. The molecule has 0 aliphatic carbocycles. The third kappa shape index (κ3) is 5.50. The first-order valence-corrected chi connectivity index (χ1v) is 10.2. The van der Waals surface area contributed by atoms with Gasteiger partial charge >= 0.3 is 0 Å². The van der Waals surface area contributed by atoms with Gasteiger partial charge in [-0.25, -0.2) is 0 Å². The lowest BCUT2D eigenvalue weighted by Gasteiger charge is -2.34. The van der Waals surface area contributed by atoms with Gasteiger partial charge in [-0.05, 0) is 42.5 Å². The van der Waals surface area contributed by atoms with Crippen molar-refractivity contribution in [3.63, 3.8) is 0 Å². The summed E-state index contributed by atoms with van der Waals surface area (Å²) in [7, 11) is 1.56. The number of benzene rings is 2. The van der Waals surface area contributed by atoms with Crippen LogP contribution >= 0.6 is 23.2 Å². The predicted molar refractivity (Wildman–Crippen MR) is 117 cm³/mol. The monoisotopic (exact) mass is 448 g/mol. The van der Waals surface area contributed by atoms with E-state index in [0.29, 0.717) is 53.0 Å². The van der Waals surface area contributed by atoms with Gasteiger partial charge in [0.2, 0.25) is 5.91 Å². The zero-order valence-electron chi connectivity index (χ0n) is 16.5. The van der Waals surface area contributed by atoms with Crippen LogP contribution < -0.4 is 10.6 Å². The lowest BCUT2D eigenvalue weighted by Crippen LogP contribution is -2.50. The van der Waals surface area contributed by atoms with E-state index in [-0.39, 0.29) is 24.3 Å². The van der Waals surface area contributed by atoms with Crippen LogP contribution in [0.3, 0.4) is 0 Å². The first-order valence-electron chi connectivity index (χ1n) is 9.46. The summed E-state index contributed by atoms with van der Waals surface area (Å²) in [5, 5.41) is 6.18. The van der Waals surface area contributed by atoms with Gasteiger partial charge in [-0.1, -0.05) is 23.2 Å². The summed E-state index contributed by atoms with van der Waals surface area (Å²) in [5.41, 5.74) is 1.57. The molecule has 1 aliphatic rings. The fourth-order valence-electron chi connectivity index (χ4n) is 3.20. The molecule has 1 fully saturated rings. The van der Waals surface area contributed by atoms with E-state index >= 15 is 0 Å². The molecule has 9 heteroatoms. The maximum absolute atomic E-state index is 12.7. The number of hydrogen-bond donors (Lipinski definition) is 2.